The van der Waals surface area contributed by atoms with Crippen molar-refractivity contribution in [3.63, 3.8) is 0 Å². The van der Waals surface area contributed by atoms with Crippen LogP contribution in [0.2, 0.25) is 0 Å². The molecular formula is C28H28N2O3. The Balaban J connectivity index is 1.68. The third-order valence-electron chi connectivity index (χ3n) is 5.57. The van der Waals surface area contributed by atoms with Crippen molar-refractivity contribution in [2.45, 2.75) is 33.7 Å². The second kappa shape index (κ2) is 9.74. The van der Waals surface area contributed by atoms with Gasteiger partial charge < -0.3 is 10.1 Å². The number of nitrogens with zero attached hydrogens (tertiary/aromatic N) is 1. The first-order valence-electron chi connectivity index (χ1n) is 11.2. The van der Waals surface area contributed by atoms with Gasteiger partial charge in [0.25, 0.3) is 11.8 Å². The van der Waals surface area contributed by atoms with Crippen LogP contribution < -0.4 is 10.1 Å². The van der Waals surface area contributed by atoms with Crippen molar-refractivity contribution in [2.24, 2.45) is 0 Å². The number of carbonyl (C=O) groups is 2. The molecule has 0 bridgehead atoms. The molecule has 0 unspecified atom stereocenters. The first-order valence-corrected chi connectivity index (χ1v) is 11.2. The Kier molecular flexibility index (Phi) is 6.59. The number of anilines is 1. The number of benzene rings is 3. The van der Waals surface area contributed by atoms with Gasteiger partial charge in [0.1, 0.15) is 11.4 Å². The van der Waals surface area contributed by atoms with E-state index in [4.69, 9.17) is 4.74 Å². The molecule has 5 nitrogen and oxygen atoms in total. The predicted octanol–water partition coefficient (Wildman–Crippen LogP) is 5.48. The molecule has 1 aliphatic heterocycles. The molecule has 0 saturated heterocycles. The molecule has 0 aliphatic carbocycles. The number of carbonyl (C=O) groups excluding carboxylic acids is 2. The predicted molar refractivity (Wildman–Crippen MR) is 131 cm³/mol. The molecule has 1 N–H and O–H groups in total. The first-order chi connectivity index (χ1) is 16.0. The molecule has 0 saturated carbocycles. The molecule has 0 radical (unpaired) electrons. The Bertz CT molecular complexity index is 1180. The average Bonchev–Trinajstić information content (AvgIpc) is 3.05. The Labute approximate surface area is 194 Å². The van der Waals surface area contributed by atoms with Crippen LogP contribution in [0.5, 0.6) is 5.75 Å². The summed E-state index contributed by atoms with van der Waals surface area (Å²) in [5, 5.41) is 3.21. The van der Waals surface area contributed by atoms with Crippen molar-refractivity contribution >= 4 is 23.1 Å². The number of ether oxygens (including phenoxy) is 1. The van der Waals surface area contributed by atoms with Crippen LogP contribution in [0.4, 0.5) is 5.69 Å². The maximum absolute atomic E-state index is 13.5. The van der Waals surface area contributed by atoms with Gasteiger partial charge in [0.05, 0.1) is 18.7 Å². The molecule has 0 fully saturated rings. The van der Waals surface area contributed by atoms with Crippen LogP contribution in [0.1, 0.15) is 35.6 Å². The van der Waals surface area contributed by atoms with Crippen molar-refractivity contribution in [1.82, 2.24) is 4.90 Å². The van der Waals surface area contributed by atoms with Crippen molar-refractivity contribution in [3.05, 3.63) is 101 Å². The minimum absolute atomic E-state index is 0.220. The van der Waals surface area contributed by atoms with Gasteiger partial charge >= 0.3 is 0 Å². The van der Waals surface area contributed by atoms with Gasteiger partial charge in [0.2, 0.25) is 0 Å². The summed E-state index contributed by atoms with van der Waals surface area (Å²) in [5.41, 5.74) is 5.25. The molecule has 168 valence electrons. The SMILES string of the molecule is CCCOc1ccc(C2=C(Nc3ccc(C)cc3)C(=O)N(Cc3ccc(C)cc3)C2=O)cc1. The molecule has 3 aromatic carbocycles. The summed E-state index contributed by atoms with van der Waals surface area (Å²) in [7, 11) is 0. The molecule has 5 heteroatoms. The van der Waals surface area contributed by atoms with Gasteiger partial charge in [-0.1, -0.05) is 66.6 Å². The molecule has 0 aromatic heterocycles. The highest BCUT2D eigenvalue weighted by molar-refractivity contribution is 6.36. The number of aryl methyl sites for hydroxylation is 2. The molecule has 0 atom stereocenters. The van der Waals surface area contributed by atoms with Gasteiger partial charge in [-0.3, -0.25) is 14.5 Å². The molecule has 4 rings (SSSR count). The number of imide groups is 1. The van der Waals surface area contributed by atoms with Crippen molar-refractivity contribution in [2.75, 3.05) is 11.9 Å². The fourth-order valence-corrected chi connectivity index (χ4v) is 3.70. The first kappa shape index (κ1) is 22.3. The van der Waals surface area contributed by atoms with E-state index in [1.807, 2.05) is 93.6 Å². The number of rotatable bonds is 8. The summed E-state index contributed by atoms with van der Waals surface area (Å²) in [6.45, 7) is 6.91. The Morgan fingerprint density at radius 3 is 2.00 bits per heavy atom. The lowest BCUT2D eigenvalue weighted by Crippen LogP contribution is -2.32. The zero-order chi connectivity index (χ0) is 23.4. The van der Waals surface area contributed by atoms with Crippen LogP contribution in [-0.2, 0) is 16.1 Å². The van der Waals surface area contributed by atoms with Crippen LogP contribution in [0.25, 0.3) is 5.57 Å². The highest BCUT2D eigenvalue weighted by Gasteiger charge is 2.39. The van der Waals surface area contributed by atoms with Gasteiger partial charge in [-0.15, -0.1) is 0 Å². The minimum atomic E-state index is -0.331. The lowest BCUT2D eigenvalue weighted by Gasteiger charge is -2.15. The van der Waals surface area contributed by atoms with Gasteiger partial charge in [0.15, 0.2) is 0 Å². The molecule has 1 heterocycles. The van der Waals surface area contributed by atoms with E-state index in [0.717, 1.165) is 34.5 Å². The fraction of sp³-hybridized carbons (Fsp3) is 0.214. The number of hydrogen-bond acceptors (Lipinski definition) is 4. The van der Waals surface area contributed by atoms with Crippen molar-refractivity contribution < 1.29 is 14.3 Å². The van der Waals surface area contributed by atoms with Gasteiger partial charge in [-0.05, 0) is 55.7 Å². The van der Waals surface area contributed by atoms with Crippen LogP contribution in [-0.4, -0.2) is 23.3 Å². The topological polar surface area (TPSA) is 58.6 Å². The number of hydrogen-bond donors (Lipinski definition) is 1. The summed E-state index contributed by atoms with van der Waals surface area (Å²) in [6.07, 6.45) is 0.915. The monoisotopic (exact) mass is 440 g/mol. The highest BCUT2D eigenvalue weighted by atomic mass is 16.5. The molecule has 0 spiro atoms. The quantitative estimate of drug-likeness (QED) is 0.471. The van der Waals surface area contributed by atoms with Gasteiger partial charge in [-0.2, -0.15) is 0 Å². The average molecular weight is 441 g/mol. The van der Waals surface area contributed by atoms with E-state index in [1.165, 1.54) is 4.90 Å². The minimum Gasteiger partial charge on any atom is -0.494 e. The third-order valence-corrected chi connectivity index (χ3v) is 5.57. The van der Waals surface area contributed by atoms with E-state index in [2.05, 4.69) is 5.32 Å². The summed E-state index contributed by atoms with van der Waals surface area (Å²) < 4.78 is 5.67. The summed E-state index contributed by atoms with van der Waals surface area (Å²) in [4.78, 5) is 28.2. The normalized spacial score (nSPS) is 13.6. The van der Waals surface area contributed by atoms with Crippen LogP contribution in [0.3, 0.4) is 0 Å². The van der Waals surface area contributed by atoms with Crippen LogP contribution in [0.15, 0.2) is 78.5 Å². The zero-order valence-corrected chi connectivity index (χ0v) is 19.2. The van der Waals surface area contributed by atoms with E-state index in [0.29, 0.717) is 17.7 Å². The Morgan fingerprint density at radius 1 is 0.788 bits per heavy atom. The maximum atomic E-state index is 13.5. The Morgan fingerprint density at radius 2 is 1.39 bits per heavy atom. The van der Waals surface area contributed by atoms with Gasteiger partial charge in [0, 0.05) is 5.69 Å². The molecule has 3 aromatic rings. The molecule has 1 aliphatic rings. The lowest BCUT2D eigenvalue weighted by atomic mass is 10.0. The smallest absolute Gasteiger partial charge is 0.278 e. The largest absolute Gasteiger partial charge is 0.494 e. The van der Waals surface area contributed by atoms with Crippen molar-refractivity contribution in [1.29, 1.82) is 0 Å². The molecule has 2 amide bonds. The number of nitrogens with one attached hydrogen (secondary N) is 1. The fourth-order valence-electron chi connectivity index (χ4n) is 3.70. The van der Waals surface area contributed by atoms with E-state index in [-0.39, 0.29) is 24.1 Å². The zero-order valence-electron chi connectivity index (χ0n) is 19.2. The van der Waals surface area contributed by atoms with Gasteiger partial charge in [-0.25, -0.2) is 0 Å². The second-order valence-corrected chi connectivity index (χ2v) is 8.30. The summed E-state index contributed by atoms with van der Waals surface area (Å²) in [6, 6.07) is 22.9. The summed E-state index contributed by atoms with van der Waals surface area (Å²) >= 11 is 0. The summed E-state index contributed by atoms with van der Waals surface area (Å²) in [5.74, 6) is 0.0994. The maximum Gasteiger partial charge on any atom is 0.278 e. The van der Waals surface area contributed by atoms with E-state index in [9.17, 15) is 9.59 Å². The molecule has 33 heavy (non-hydrogen) atoms. The van der Waals surface area contributed by atoms with E-state index in [1.54, 1.807) is 0 Å². The van der Waals surface area contributed by atoms with E-state index < -0.39 is 0 Å². The third kappa shape index (κ3) is 4.98. The molecular weight excluding hydrogens is 412 g/mol. The lowest BCUT2D eigenvalue weighted by molar-refractivity contribution is -0.137. The number of amides is 2. The Hall–Kier alpha value is -3.86. The van der Waals surface area contributed by atoms with Crippen molar-refractivity contribution in [3.8, 4) is 5.75 Å². The van der Waals surface area contributed by atoms with Crippen LogP contribution >= 0.6 is 0 Å². The van der Waals surface area contributed by atoms with E-state index >= 15 is 0 Å². The second-order valence-electron chi connectivity index (χ2n) is 8.30. The highest BCUT2D eigenvalue weighted by Crippen LogP contribution is 2.32. The standard InChI is InChI=1S/C28H28N2O3/c1-4-17-33-24-15-11-22(12-16-24)25-26(29-23-13-7-20(3)8-14-23)28(32)30(27(25)31)18-21-9-5-19(2)6-10-21/h5-16,29H,4,17-18H2,1-3H3. The van der Waals surface area contributed by atoms with Crippen LogP contribution in [0, 0.1) is 13.8 Å².